The minimum atomic E-state index is -3.32. The first kappa shape index (κ1) is 10.6. The molecule has 82 valence electrons. The van der Waals surface area contributed by atoms with Crippen molar-refractivity contribution < 1.29 is 8.42 Å². The van der Waals surface area contributed by atoms with Crippen molar-refractivity contribution in [2.75, 3.05) is 0 Å². The Morgan fingerprint density at radius 1 is 1.27 bits per heavy atom. The first-order chi connectivity index (χ1) is 6.92. The molecule has 1 N–H and O–H groups in total. The summed E-state index contributed by atoms with van der Waals surface area (Å²) in [6.07, 6.45) is 0.916. The third-order valence-corrected chi connectivity index (χ3v) is 4.35. The first-order valence-corrected chi connectivity index (χ1v) is 6.47. The molecule has 0 bridgehead atoms. The van der Waals surface area contributed by atoms with Crippen LogP contribution < -0.4 is 4.72 Å². The number of hydrogen-bond acceptors (Lipinski definition) is 2. The zero-order valence-corrected chi connectivity index (χ0v) is 9.71. The molecule has 1 aromatic carbocycles. The highest BCUT2D eigenvalue weighted by Crippen LogP contribution is 2.45. The second-order valence-corrected chi connectivity index (χ2v) is 6.39. The molecule has 0 aromatic heterocycles. The van der Waals surface area contributed by atoms with Crippen LogP contribution in [-0.4, -0.2) is 14.5 Å². The molecule has 4 heteroatoms. The van der Waals surface area contributed by atoms with E-state index in [1.54, 1.807) is 30.3 Å². The average molecular weight is 225 g/mol. The Morgan fingerprint density at radius 3 is 2.27 bits per heavy atom. The largest absolute Gasteiger partial charge is 0.240 e. The Bertz CT molecular complexity index is 451. The molecule has 1 aliphatic rings. The maximum absolute atomic E-state index is 11.9. The summed E-state index contributed by atoms with van der Waals surface area (Å²) in [5.41, 5.74) is 0.113. The summed E-state index contributed by atoms with van der Waals surface area (Å²) in [4.78, 5) is 0.340. The summed E-state index contributed by atoms with van der Waals surface area (Å²) in [6, 6.07) is 8.57. The second kappa shape index (κ2) is 3.32. The molecule has 1 saturated carbocycles. The molecule has 1 unspecified atom stereocenters. The number of nitrogens with one attached hydrogen (secondary N) is 1. The lowest BCUT2D eigenvalue weighted by atomic mass is 10.2. The van der Waals surface area contributed by atoms with Gasteiger partial charge in [-0.2, -0.15) is 0 Å². The van der Waals surface area contributed by atoms with Crippen LogP contribution in [0, 0.1) is 5.41 Å². The molecule has 0 aliphatic heterocycles. The maximum Gasteiger partial charge on any atom is 0.240 e. The van der Waals surface area contributed by atoms with Gasteiger partial charge in [-0.05, 0) is 24.0 Å². The fraction of sp³-hybridized carbons (Fsp3) is 0.455. The van der Waals surface area contributed by atoms with E-state index in [1.165, 1.54) is 0 Å². The van der Waals surface area contributed by atoms with Gasteiger partial charge < -0.3 is 0 Å². The first-order valence-electron chi connectivity index (χ1n) is 4.99. The van der Waals surface area contributed by atoms with Crippen molar-refractivity contribution in [2.24, 2.45) is 5.41 Å². The van der Waals surface area contributed by atoms with Crippen LogP contribution in [0.4, 0.5) is 0 Å². The number of benzene rings is 1. The van der Waals surface area contributed by atoms with Crippen molar-refractivity contribution in [3.63, 3.8) is 0 Å². The van der Waals surface area contributed by atoms with Crippen LogP contribution in [0.25, 0.3) is 0 Å². The number of rotatable bonds is 3. The van der Waals surface area contributed by atoms with E-state index in [-0.39, 0.29) is 11.5 Å². The van der Waals surface area contributed by atoms with Crippen LogP contribution in [0.3, 0.4) is 0 Å². The quantitative estimate of drug-likeness (QED) is 0.852. The Morgan fingerprint density at radius 2 is 1.80 bits per heavy atom. The van der Waals surface area contributed by atoms with Crippen LogP contribution in [0.15, 0.2) is 35.2 Å². The van der Waals surface area contributed by atoms with Gasteiger partial charge in [0.1, 0.15) is 0 Å². The van der Waals surface area contributed by atoms with E-state index in [2.05, 4.69) is 18.6 Å². The Kier molecular flexibility index (Phi) is 2.35. The van der Waals surface area contributed by atoms with Crippen LogP contribution >= 0.6 is 0 Å². The van der Waals surface area contributed by atoms with Crippen molar-refractivity contribution in [3.8, 4) is 0 Å². The van der Waals surface area contributed by atoms with Crippen LogP contribution in [-0.2, 0) is 10.0 Å². The second-order valence-electron chi connectivity index (χ2n) is 4.68. The molecule has 0 saturated heterocycles. The van der Waals surface area contributed by atoms with Gasteiger partial charge in [-0.3, -0.25) is 0 Å². The lowest BCUT2D eigenvalue weighted by Crippen LogP contribution is -2.28. The smallest absolute Gasteiger partial charge is 0.208 e. The highest BCUT2D eigenvalue weighted by molar-refractivity contribution is 7.89. The highest BCUT2D eigenvalue weighted by atomic mass is 32.2. The van der Waals surface area contributed by atoms with Gasteiger partial charge in [-0.25, -0.2) is 13.1 Å². The Balaban J connectivity index is 2.16. The molecular formula is C11H15NO2S. The zero-order valence-electron chi connectivity index (χ0n) is 8.90. The monoisotopic (exact) mass is 225 g/mol. The normalized spacial score (nSPS) is 23.7. The van der Waals surface area contributed by atoms with Gasteiger partial charge in [-0.15, -0.1) is 0 Å². The third kappa shape index (κ3) is 2.21. The van der Waals surface area contributed by atoms with Gasteiger partial charge in [0.25, 0.3) is 0 Å². The van der Waals surface area contributed by atoms with E-state index in [4.69, 9.17) is 0 Å². The molecule has 2 rings (SSSR count). The maximum atomic E-state index is 11.9. The predicted octanol–water partition coefficient (Wildman–Crippen LogP) is 1.76. The van der Waals surface area contributed by atoms with Crippen molar-refractivity contribution in [1.29, 1.82) is 0 Å². The fourth-order valence-electron chi connectivity index (χ4n) is 1.52. The molecule has 1 atom stereocenters. The van der Waals surface area contributed by atoms with Crippen LogP contribution in [0.2, 0.25) is 0 Å². The molecule has 0 heterocycles. The molecule has 1 fully saturated rings. The highest BCUT2D eigenvalue weighted by Gasteiger charge is 2.47. The average Bonchev–Trinajstić information content (AvgIpc) is 2.74. The predicted molar refractivity (Wildman–Crippen MR) is 58.9 cm³/mol. The lowest BCUT2D eigenvalue weighted by molar-refractivity contribution is 0.555. The van der Waals surface area contributed by atoms with Gasteiger partial charge >= 0.3 is 0 Å². The zero-order chi connectivity index (χ0) is 11.1. The standard InChI is InChI=1S/C11H15NO2S/c1-11(2)8-10(11)12-15(13,14)9-6-4-3-5-7-9/h3-7,10,12H,8H2,1-2H3. The van der Waals surface area contributed by atoms with Crippen molar-refractivity contribution in [3.05, 3.63) is 30.3 Å². The van der Waals surface area contributed by atoms with Gasteiger partial charge in [0, 0.05) is 6.04 Å². The van der Waals surface area contributed by atoms with E-state index in [0.29, 0.717) is 4.90 Å². The summed E-state index contributed by atoms with van der Waals surface area (Å²) in [5, 5.41) is 0. The Hall–Kier alpha value is -0.870. The van der Waals surface area contributed by atoms with E-state index in [0.717, 1.165) is 6.42 Å². The number of hydrogen-bond donors (Lipinski definition) is 1. The van der Waals surface area contributed by atoms with E-state index < -0.39 is 10.0 Å². The number of sulfonamides is 1. The Labute approximate surface area is 90.6 Å². The molecule has 1 aromatic rings. The minimum absolute atomic E-state index is 0.0858. The fourth-order valence-corrected chi connectivity index (χ4v) is 2.95. The molecule has 0 spiro atoms. The van der Waals surface area contributed by atoms with Crippen molar-refractivity contribution >= 4 is 10.0 Å². The molecular weight excluding hydrogens is 210 g/mol. The summed E-state index contributed by atoms with van der Waals surface area (Å²) >= 11 is 0. The summed E-state index contributed by atoms with van der Waals surface area (Å²) in [7, 11) is -3.32. The molecule has 1 aliphatic carbocycles. The van der Waals surface area contributed by atoms with Crippen molar-refractivity contribution in [2.45, 2.75) is 31.2 Å². The van der Waals surface area contributed by atoms with Crippen LogP contribution in [0.5, 0.6) is 0 Å². The van der Waals surface area contributed by atoms with E-state index in [1.807, 2.05) is 0 Å². The molecule has 3 nitrogen and oxygen atoms in total. The van der Waals surface area contributed by atoms with Gasteiger partial charge in [0.2, 0.25) is 10.0 Å². The lowest BCUT2D eigenvalue weighted by Gasteiger charge is -2.07. The van der Waals surface area contributed by atoms with Gasteiger partial charge in [0.05, 0.1) is 4.90 Å². The minimum Gasteiger partial charge on any atom is -0.208 e. The third-order valence-electron chi connectivity index (χ3n) is 2.86. The summed E-state index contributed by atoms with van der Waals surface area (Å²) < 4.78 is 26.4. The summed E-state index contributed by atoms with van der Waals surface area (Å²) in [5.74, 6) is 0. The molecule has 0 amide bonds. The van der Waals surface area contributed by atoms with E-state index >= 15 is 0 Å². The van der Waals surface area contributed by atoms with Crippen LogP contribution in [0.1, 0.15) is 20.3 Å². The van der Waals surface area contributed by atoms with Crippen molar-refractivity contribution in [1.82, 2.24) is 4.72 Å². The van der Waals surface area contributed by atoms with Gasteiger partial charge in [0.15, 0.2) is 0 Å². The van der Waals surface area contributed by atoms with Gasteiger partial charge in [-0.1, -0.05) is 32.0 Å². The molecule has 0 radical (unpaired) electrons. The summed E-state index contributed by atoms with van der Waals surface area (Å²) in [6.45, 7) is 4.12. The SMILES string of the molecule is CC1(C)CC1NS(=O)(=O)c1ccccc1. The van der Waals surface area contributed by atoms with E-state index in [9.17, 15) is 8.42 Å². The molecule has 15 heavy (non-hydrogen) atoms. The topological polar surface area (TPSA) is 46.2 Å².